The van der Waals surface area contributed by atoms with Crippen LogP contribution < -0.4 is 5.32 Å². The Morgan fingerprint density at radius 1 is 0.903 bits per heavy atom. The molecule has 0 aromatic heterocycles. The second kappa shape index (κ2) is 15.7. The number of hydrogen-bond donors (Lipinski definition) is 3. The Hall–Kier alpha value is -4.92. The van der Waals surface area contributed by atoms with Crippen molar-refractivity contribution in [1.82, 2.24) is 5.32 Å². The van der Waals surface area contributed by atoms with Crippen LogP contribution in [0.2, 0.25) is 0 Å². The molecule has 14 nitrogen and oxygen atoms in total. The number of rotatable bonds is 11. The van der Waals surface area contributed by atoms with Crippen molar-refractivity contribution in [3.8, 4) is 0 Å². The molecule has 1 heterocycles. The maximum atomic E-state index is 15.7. The van der Waals surface area contributed by atoms with Gasteiger partial charge in [-0.2, -0.15) is 0 Å². The lowest BCUT2D eigenvalue weighted by molar-refractivity contribution is -0.356. The zero-order valence-electron chi connectivity index (χ0n) is 36.9. The summed E-state index contributed by atoms with van der Waals surface area (Å²) in [5.74, 6) is -5.83. The molecule has 5 aliphatic rings. The van der Waals surface area contributed by atoms with E-state index in [1.165, 1.54) is 13.8 Å². The highest BCUT2D eigenvalue weighted by Crippen LogP contribution is 2.80. The van der Waals surface area contributed by atoms with Crippen LogP contribution in [-0.4, -0.2) is 94.6 Å². The monoisotopic (exact) mass is 857 g/mol. The summed E-state index contributed by atoms with van der Waals surface area (Å²) in [4.78, 5) is 84.4. The van der Waals surface area contributed by atoms with Crippen LogP contribution in [0.5, 0.6) is 0 Å². The van der Waals surface area contributed by atoms with E-state index in [4.69, 9.17) is 23.7 Å². The van der Waals surface area contributed by atoms with Gasteiger partial charge in [0.15, 0.2) is 17.5 Å². The molecule has 14 heteroatoms. The number of fused-ring (bicyclic) bond motifs is 4. The second-order valence-corrected chi connectivity index (χ2v) is 19.9. The lowest BCUT2D eigenvalue weighted by atomic mass is 9.42. The minimum atomic E-state index is -2.25. The Morgan fingerprint density at radius 2 is 1.53 bits per heavy atom. The number of amides is 1. The number of aliphatic hydroxyl groups is 2. The van der Waals surface area contributed by atoms with Gasteiger partial charge in [0.25, 0.3) is 0 Å². The number of Topliss-reactive ketones (excluding diaryl/α,β-unsaturated/α-hetero) is 1. The minimum Gasteiger partial charge on any atom is -0.457 e. The van der Waals surface area contributed by atoms with Crippen molar-refractivity contribution in [1.29, 1.82) is 0 Å². The Labute approximate surface area is 362 Å². The Morgan fingerprint density at radius 3 is 2.08 bits per heavy atom. The molecule has 1 amide bonds. The molecule has 4 aliphatic carbocycles. The van der Waals surface area contributed by atoms with Crippen molar-refractivity contribution in [2.24, 2.45) is 33.5 Å². The van der Waals surface area contributed by atoms with Crippen LogP contribution in [0.1, 0.15) is 110 Å². The van der Waals surface area contributed by atoms with Crippen molar-refractivity contribution in [3.05, 3.63) is 82.9 Å². The average molecular weight is 858 g/mol. The second-order valence-electron chi connectivity index (χ2n) is 19.9. The molecule has 7 rings (SSSR count). The first-order chi connectivity index (χ1) is 29.0. The summed E-state index contributed by atoms with van der Waals surface area (Å²) in [5, 5.41) is 27.7. The third-order valence-electron chi connectivity index (χ3n) is 14.7. The minimum absolute atomic E-state index is 0.121. The number of carbonyl (C=O) groups excluding carboxylic acids is 6. The molecule has 1 spiro atoms. The van der Waals surface area contributed by atoms with E-state index in [1.807, 2.05) is 20.8 Å². The molecule has 3 saturated carbocycles. The fraction of sp³-hybridized carbons (Fsp3) is 0.583. The van der Waals surface area contributed by atoms with Gasteiger partial charge in [0.05, 0.1) is 30.2 Å². The van der Waals surface area contributed by atoms with Gasteiger partial charge in [-0.3, -0.25) is 24.0 Å². The largest absolute Gasteiger partial charge is 0.457 e. The number of nitrogens with one attached hydrogen (secondary N) is 1. The van der Waals surface area contributed by atoms with E-state index < -0.39 is 118 Å². The fourth-order valence-electron chi connectivity index (χ4n) is 11.6. The fourth-order valence-corrected chi connectivity index (χ4v) is 11.6. The molecule has 0 unspecified atom stereocenters. The number of esters is 4. The van der Waals surface area contributed by atoms with Crippen molar-refractivity contribution in [2.45, 2.75) is 130 Å². The molecule has 4 fully saturated rings. The van der Waals surface area contributed by atoms with Crippen molar-refractivity contribution >= 4 is 35.6 Å². The van der Waals surface area contributed by atoms with E-state index in [1.54, 1.807) is 88.4 Å². The molecule has 1 saturated heterocycles. The zero-order chi connectivity index (χ0) is 45.4. The van der Waals surface area contributed by atoms with Crippen molar-refractivity contribution in [2.75, 3.05) is 13.2 Å². The van der Waals surface area contributed by atoms with E-state index in [0.717, 1.165) is 0 Å². The first-order valence-electron chi connectivity index (χ1n) is 21.4. The highest BCUT2D eigenvalue weighted by atomic mass is 16.6. The van der Waals surface area contributed by atoms with E-state index in [-0.39, 0.29) is 36.5 Å². The van der Waals surface area contributed by atoms with Crippen LogP contribution in [0.15, 0.2) is 71.8 Å². The number of hydrogen-bond acceptors (Lipinski definition) is 13. The highest BCUT2D eigenvalue weighted by molar-refractivity contribution is 5.98. The molecule has 2 aromatic carbocycles. The topological polar surface area (TPSA) is 201 Å². The molecule has 334 valence electrons. The van der Waals surface area contributed by atoms with Crippen LogP contribution in [0.3, 0.4) is 0 Å². The number of ketones is 1. The van der Waals surface area contributed by atoms with Crippen molar-refractivity contribution < 1.29 is 62.7 Å². The number of aliphatic hydroxyl groups excluding tert-OH is 1. The number of benzene rings is 2. The quantitative estimate of drug-likeness (QED) is 0.153. The van der Waals surface area contributed by atoms with Crippen LogP contribution >= 0.6 is 0 Å². The third-order valence-corrected chi connectivity index (χ3v) is 14.7. The first kappa shape index (κ1) is 45.1. The van der Waals surface area contributed by atoms with Gasteiger partial charge < -0.3 is 39.2 Å². The van der Waals surface area contributed by atoms with Gasteiger partial charge in [-0.15, -0.1) is 0 Å². The Bertz CT molecular complexity index is 2180. The molecule has 1 aliphatic heterocycles. The summed E-state index contributed by atoms with van der Waals surface area (Å²) in [7, 11) is 0. The summed E-state index contributed by atoms with van der Waals surface area (Å²) in [6.45, 7) is 13.8. The SMILES string of the molecule is CC(=O)O[C@H]1C(=O)[C@]23C[C@H]2C[C@H]2OC[C@@]2(OC(C)=O)[C@@]3(C)[C@H](OC(=O)c2ccccc2)[C@]2(O)C[C@H](OC(=O)[C@H](CO)[C@@H](NC(=O)CC(C)(C)C)c3ccccc3)C(C)=C1C2(C)C. The summed E-state index contributed by atoms with van der Waals surface area (Å²) >= 11 is 0. The molecule has 2 aromatic rings. The van der Waals surface area contributed by atoms with Gasteiger partial charge >= 0.3 is 23.9 Å². The third kappa shape index (κ3) is 6.97. The predicted octanol–water partition coefficient (Wildman–Crippen LogP) is 5.13. The van der Waals surface area contributed by atoms with Gasteiger partial charge in [-0.25, -0.2) is 4.79 Å². The van der Waals surface area contributed by atoms with E-state index in [0.29, 0.717) is 17.6 Å². The maximum Gasteiger partial charge on any atom is 0.338 e. The van der Waals surface area contributed by atoms with E-state index >= 15 is 4.79 Å². The molecule has 0 radical (unpaired) electrons. The molecule has 2 bridgehead atoms. The van der Waals surface area contributed by atoms with E-state index in [9.17, 15) is 34.2 Å². The maximum absolute atomic E-state index is 15.7. The Balaban J connectivity index is 1.41. The summed E-state index contributed by atoms with van der Waals surface area (Å²) in [5.41, 5.74) is -7.78. The number of carbonyl (C=O) groups is 6. The van der Waals surface area contributed by atoms with Crippen LogP contribution in [0.4, 0.5) is 0 Å². The van der Waals surface area contributed by atoms with Crippen LogP contribution in [0.25, 0.3) is 0 Å². The van der Waals surface area contributed by atoms with Gasteiger partial charge in [0.2, 0.25) is 5.91 Å². The summed E-state index contributed by atoms with van der Waals surface area (Å²) in [6, 6.07) is 15.8. The lowest BCUT2D eigenvalue weighted by Gasteiger charge is -2.69. The molecule has 3 N–H and O–H groups in total. The van der Waals surface area contributed by atoms with Gasteiger partial charge in [-0.1, -0.05) is 90.1 Å². The summed E-state index contributed by atoms with van der Waals surface area (Å²) in [6.07, 6.45) is -5.05. The van der Waals surface area contributed by atoms with Gasteiger partial charge in [0, 0.05) is 37.5 Å². The van der Waals surface area contributed by atoms with Crippen LogP contribution in [0, 0.1) is 33.5 Å². The van der Waals surface area contributed by atoms with Crippen molar-refractivity contribution in [3.63, 3.8) is 0 Å². The van der Waals surface area contributed by atoms with Gasteiger partial charge in [-0.05, 0) is 59.9 Å². The first-order valence-corrected chi connectivity index (χ1v) is 21.4. The highest BCUT2D eigenvalue weighted by Gasteiger charge is 2.89. The van der Waals surface area contributed by atoms with Crippen LogP contribution in [-0.2, 0) is 47.7 Å². The normalized spacial score (nSPS) is 33.9. The average Bonchev–Trinajstić information content (AvgIpc) is 3.94. The standard InChI is InChI=1S/C48H59NO13/c1-26-33(60-41(56)32(24-50)37(29-16-12-10-13-17-29)49-35(53)23-43(4,5)6)22-47(57)42(61-40(55)30-18-14-11-15-19-30)45(9)46(39(54)38(59-27(2)51)36(26)44(47,7)8)21-31(46)20-34-48(45,25-58-34)62-28(3)52/h10-19,31-34,37-38,42,50,57H,20-25H2,1-9H3,(H,49,53)/t31-,32-,33+,34-,37+,38-,42+,45+,46+,47-,48+/m1/s1. The smallest absolute Gasteiger partial charge is 0.338 e. The summed E-state index contributed by atoms with van der Waals surface area (Å²) < 4.78 is 31.3. The van der Waals surface area contributed by atoms with Gasteiger partial charge in [0.1, 0.15) is 29.8 Å². The molecule has 11 atom stereocenters. The molecular weight excluding hydrogens is 799 g/mol. The number of ether oxygens (including phenoxy) is 5. The lowest BCUT2D eigenvalue weighted by Crippen LogP contribution is -2.82. The zero-order valence-corrected chi connectivity index (χ0v) is 36.9. The predicted molar refractivity (Wildman–Crippen MR) is 222 cm³/mol. The molecule has 62 heavy (non-hydrogen) atoms. The van der Waals surface area contributed by atoms with E-state index in [2.05, 4.69) is 5.32 Å². The Kier molecular flexibility index (Phi) is 11.4. The molecular formula is C48H59NO13.